The topological polar surface area (TPSA) is 83.5 Å². The summed E-state index contributed by atoms with van der Waals surface area (Å²) >= 11 is 5.62. The third-order valence-electron chi connectivity index (χ3n) is 2.15. The van der Waals surface area contributed by atoms with E-state index in [1.165, 1.54) is 16.7 Å². The van der Waals surface area contributed by atoms with Gasteiger partial charge in [0.25, 0.3) is 0 Å². The van der Waals surface area contributed by atoms with Gasteiger partial charge in [-0.25, -0.2) is 17.9 Å². The van der Waals surface area contributed by atoms with Gasteiger partial charge in [-0.1, -0.05) is 0 Å². The highest BCUT2D eigenvalue weighted by atomic mass is 79.9. The number of thiophene rings is 2. The molecule has 0 aliphatic heterocycles. The van der Waals surface area contributed by atoms with E-state index in [2.05, 4.69) is 20.7 Å². The smallest absolute Gasteiger partial charge is 0.336 e. The lowest BCUT2D eigenvalue weighted by Gasteiger charge is -2.02. The zero-order valence-electron chi connectivity index (χ0n) is 9.29. The number of halogens is 1. The summed E-state index contributed by atoms with van der Waals surface area (Å²) in [5.74, 6) is -1.14. The van der Waals surface area contributed by atoms with Crippen molar-refractivity contribution in [3.05, 3.63) is 37.8 Å². The van der Waals surface area contributed by atoms with Crippen molar-refractivity contribution in [2.45, 2.75) is 10.8 Å². The van der Waals surface area contributed by atoms with E-state index >= 15 is 0 Å². The van der Waals surface area contributed by atoms with E-state index in [0.717, 1.165) is 26.1 Å². The molecule has 9 heteroatoms. The average molecular weight is 382 g/mol. The third-order valence-corrected chi connectivity index (χ3v) is 6.62. The molecule has 2 rings (SSSR count). The molecular formula is C10H8BrNO4S3. The molecule has 0 aliphatic rings. The second-order valence-corrected chi connectivity index (χ2v) is 8.94. The Bertz CT molecular complexity index is 704. The van der Waals surface area contributed by atoms with Crippen molar-refractivity contribution in [3.8, 4) is 0 Å². The number of carboxylic acids is 1. The molecule has 0 saturated carbocycles. The molecule has 0 bridgehead atoms. The summed E-state index contributed by atoms with van der Waals surface area (Å²) in [6.07, 6.45) is 0. The molecule has 0 unspecified atom stereocenters. The van der Waals surface area contributed by atoms with Crippen LogP contribution in [0, 0.1) is 0 Å². The number of hydrogen-bond donors (Lipinski definition) is 2. The van der Waals surface area contributed by atoms with Gasteiger partial charge in [-0.2, -0.15) is 0 Å². The van der Waals surface area contributed by atoms with E-state index in [1.54, 1.807) is 0 Å². The Hall–Kier alpha value is -0.740. The van der Waals surface area contributed by atoms with Gasteiger partial charge in [0.1, 0.15) is 4.21 Å². The highest BCUT2D eigenvalue weighted by Crippen LogP contribution is 2.23. The van der Waals surface area contributed by atoms with Crippen LogP contribution in [-0.2, 0) is 16.6 Å². The summed E-state index contributed by atoms with van der Waals surface area (Å²) in [6, 6.07) is 4.80. The van der Waals surface area contributed by atoms with Crippen LogP contribution in [0.4, 0.5) is 0 Å². The van der Waals surface area contributed by atoms with Crippen LogP contribution < -0.4 is 4.72 Å². The van der Waals surface area contributed by atoms with Crippen molar-refractivity contribution >= 4 is 54.6 Å². The fourth-order valence-electron chi connectivity index (χ4n) is 1.25. The Morgan fingerprint density at radius 1 is 1.42 bits per heavy atom. The van der Waals surface area contributed by atoms with Crippen LogP contribution in [-0.4, -0.2) is 19.5 Å². The van der Waals surface area contributed by atoms with Crippen LogP contribution in [0.15, 0.2) is 31.6 Å². The van der Waals surface area contributed by atoms with Gasteiger partial charge in [-0.15, -0.1) is 22.7 Å². The number of hydrogen-bond acceptors (Lipinski definition) is 5. The van der Waals surface area contributed by atoms with Crippen molar-refractivity contribution in [1.29, 1.82) is 0 Å². The van der Waals surface area contributed by atoms with Gasteiger partial charge >= 0.3 is 5.97 Å². The molecule has 0 spiro atoms. The predicted molar refractivity (Wildman–Crippen MR) is 77.3 cm³/mol. The predicted octanol–water partition coefficient (Wildman–Crippen LogP) is 2.75. The average Bonchev–Trinajstić information content (AvgIpc) is 2.95. The van der Waals surface area contributed by atoms with Gasteiger partial charge in [0.15, 0.2) is 0 Å². The molecule has 0 aromatic carbocycles. The Labute approximate surface area is 126 Å². The van der Waals surface area contributed by atoms with Crippen molar-refractivity contribution in [3.63, 3.8) is 0 Å². The van der Waals surface area contributed by atoms with E-state index in [4.69, 9.17) is 5.11 Å². The molecular weight excluding hydrogens is 374 g/mol. The summed E-state index contributed by atoms with van der Waals surface area (Å²) in [4.78, 5) is 11.6. The quantitative estimate of drug-likeness (QED) is 0.833. The van der Waals surface area contributed by atoms with Gasteiger partial charge in [0.2, 0.25) is 10.0 Å². The minimum absolute atomic E-state index is 0.000483. The standard InChI is InChI=1S/C10H8BrNO4S3/c11-8-2-1-7(18-8)4-12-19(15,16)9-3-6(5-17-9)10(13)14/h1-3,5,12H,4H2,(H,13,14). The van der Waals surface area contributed by atoms with Crippen LogP contribution in [0.2, 0.25) is 0 Å². The summed E-state index contributed by atoms with van der Waals surface area (Å²) in [5, 5.41) is 10.1. The molecule has 2 heterocycles. The maximum atomic E-state index is 11.9. The van der Waals surface area contributed by atoms with Crippen LogP contribution in [0.1, 0.15) is 15.2 Å². The molecule has 0 amide bonds. The Morgan fingerprint density at radius 3 is 2.68 bits per heavy atom. The number of nitrogens with one attached hydrogen (secondary N) is 1. The Morgan fingerprint density at radius 2 is 2.16 bits per heavy atom. The second-order valence-electron chi connectivity index (χ2n) is 3.49. The largest absolute Gasteiger partial charge is 0.478 e. The van der Waals surface area contributed by atoms with E-state index < -0.39 is 16.0 Å². The number of aromatic carboxylic acids is 1. The monoisotopic (exact) mass is 381 g/mol. The Balaban J connectivity index is 2.11. The first kappa shape index (κ1) is 14.7. The van der Waals surface area contributed by atoms with Crippen LogP contribution in [0.25, 0.3) is 0 Å². The van der Waals surface area contributed by atoms with Gasteiger partial charge in [-0.3, -0.25) is 0 Å². The molecule has 0 saturated heterocycles. The number of carbonyl (C=O) groups is 1. The lowest BCUT2D eigenvalue weighted by molar-refractivity contribution is 0.0697. The molecule has 0 fully saturated rings. The molecule has 19 heavy (non-hydrogen) atoms. The highest BCUT2D eigenvalue weighted by molar-refractivity contribution is 9.11. The molecule has 0 aliphatic carbocycles. The lowest BCUT2D eigenvalue weighted by Crippen LogP contribution is -2.21. The maximum Gasteiger partial charge on any atom is 0.336 e. The fraction of sp³-hybridized carbons (Fsp3) is 0.100. The van der Waals surface area contributed by atoms with Gasteiger partial charge < -0.3 is 5.11 Å². The molecule has 0 radical (unpaired) electrons. The van der Waals surface area contributed by atoms with Crippen LogP contribution >= 0.6 is 38.6 Å². The van der Waals surface area contributed by atoms with Crippen LogP contribution in [0.5, 0.6) is 0 Å². The summed E-state index contributed by atoms with van der Waals surface area (Å²) < 4.78 is 27.3. The SMILES string of the molecule is O=C(O)c1csc(S(=O)(=O)NCc2ccc(Br)s2)c1. The van der Waals surface area contributed by atoms with Gasteiger partial charge in [0, 0.05) is 16.8 Å². The summed E-state index contributed by atoms with van der Waals surface area (Å²) in [7, 11) is -3.67. The summed E-state index contributed by atoms with van der Waals surface area (Å²) in [5.41, 5.74) is -0.0238. The second kappa shape index (κ2) is 5.71. The molecule has 2 aromatic heterocycles. The van der Waals surface area contributed by atoms with E-state index in [0.29, 0.717) is 0 Å². The first-order valence-electron chi connectivity index (χ1n) is 4.94. The number of rotatable bonds is 5. The fourth-order valence-corrected chi connectivity index (χ4v) is 4.97. The summed E-state index contributed by atoms with van der Waals surface area (Å²) in [6.45, 7) is 0.179. The van der Waals surface area contributed by atoms with Crippen molar-refractivity contribution in [2.75, 3.05) is 0 Å². The zero-order chi connectivity index (χ0) is 14.0. The third kappa shape index (κ3) is 3.63. The Kier molecular flexibility index (Phi) is 4.41. The van der Waals surface area contributed by atoms with Gasteiger partial charge in [-0.05, 0) is 34.1 Å². The van der Waals surface area contributed by atoms with Gasteiger partial charge in [0.05, 0.1) is 9.35 Å². The molecule has 5 nitrogen and oxygen atoms in total. The maximum absolute atomic E-state index is 11.9. The van der Waals surface area contributed by atoms with Crippen molar-refractivity contribution < 1.29 is 18.3 Å². The first-order valence-corrected chi connectivity index (χ1v) is 8.91. The molecule has 2 aromatic rings. The van der Waals surface area contributed by atoms with Crippen molar-refractivity contribution in [2.24, 2.45) is 0 Å². The first-order chi connectivity index (χ1) is 8.88. The van der Waals surface area contributed by atoms with E-state index in [-0.39, 0.29) is 16.3 Å². The van der Waals surface area contributed by atoms with Crippen molar-refractivity contribution in [1.82, 2.24) is 4.72 Å². The number of sulfonamides is 1. The minimum Gasteiger partial charge on any atom is -0.478 e. The zero-order valence-corrected chi connectivity index (χ0v) is 13.3. The van der Waals surface area contributed by atoms with E-state index in [1.807, 2.05) is 12.1 Å². The highest BCUT2D eigenvalue weighted by Gasteiger charge is 2.18. The van der Waals surface area contributed by atoms with E-state index in [9.17, 15) is 13.2 Å². The lowest BCUT2D eigenvalue weighted by atomic mass is 10.4. The molecule has 102 valence electrons. The van der Waals surface area contributed by atoms with Crippen LogP contribution in [0.3, 0.4) is 0 Å². The number of carboxylic acid groups (broad SMARTS) is 1. The molecule has 2 N–H and O–H groups in total. The minimum atomic E-state index is -3.67. The normalized spacial score (nSPS) is 11.6. The molecule has 0 atom stereocenters.